The van der Waals surface area contributed by atoms with Crippen LogP contribution < -0.4 is 11.1 Å². The van der Waals surface area contributed by atoms with Gasteiger partial charge in [-0.25, -0.2) is 4.79 Å². The van der Waals surface area contributed by atoms with E-state index in [2.05, 4.69) is 11.9 Å². The molecule has 0 bridgehead atoms. The lowest BCUT2D eigenvalue weighted by Crippen LogP contribution is -2.25. The normalized spacial score (nSPS) is 8.82. The maximum Gasteiger partial charge on any atom is 0.407 e. The summed E-state index contributed by atoms with van der Waals surface area (Å²) >= 11 is 0. The average molecular weight is 158 g/mol. The lowest BCUT2D eigenvalue weighted by atomic mass is 10.5. The number of ether oxygens (including phenoxy) is 1. The first-order chi connectivity index (χ1) is 5.31. The number of carbonyl (C=O) groups is 1. The van der Waals surface area contributed by atoms with Gasteiger partial charge < -0.3 is 15.8 Å². The van der Waals surface area contributed by atoms with Gasteiger partial charge in [-0.2, -0.15) is 0 Å². The fourth-order valence-electron chi connectivity index (χ4n) is 0.455. The Hall–Kier alpha value is -1.03. The molecular weight excluding hydrogens is 144 g/mol. The van der Waals surface area contributed by atoms with Crippen molar-refractivity contribution in [1.82, 2.24) is 5.32 Å². The van der Waals surface area contributed by atoms with Gasteiger partial charge in [0, 0.05) is 6.54 Å². The molecule has 0 aromatic carbocycles. The molecule has 1 amide bonds. The molecule has 0 radical (unpaired) electrons. The number of carbonyl (C=O) groups excluding carboxylic acids is 1. The first-order valence-electron chi connectivity index (χ1n) is 3.53. The van der Waals surface area contributed by atoms with Gasteiger partial charge in [0.2, 0.25) is 0 Å². The van der Waals surface area contributed by atoms with Gasteiger partial charge in [-0.3, -0.25) is 0 Å². The highest BCUT2D eigenvalue weighted by Gasteiger charge is 1.96. The van der Waals surface area contributed by atoms with Crippen LogP contribution in [0.2, 0.25) is 0 Å². The molecule has 0 spiro atoms. The number of hydrogen-bond donors (Lipinski definition) is 2. The number of hydrogen-bond acceptors (Lipinski definition) is 3. The van der Waals surface area contributed by atoms with Crippen molar-refractivity contribution in [2.24, 2.45) is 5.73 Å². The molecule has 64 valence electrons. The van der Waals surface area contributed by atoms with Crippen LogP contribution in [-0.2, 0) is 4.74 Å². The van der Waals surface area contributed by atoms with Gasteiger partial charge in [-0.1, -0.05) is 6.08 Å². The van der Waals surface area contributed by atoms with E-state index in [-0.39, 0.29) is 0 Å². The van der Waals surface area contributed by atoms with Gasteiger partial charge in [0.25, 0.3) is 0 Å². The molecule has 4 heteroatoms. The lowest BCUT2D eigenvalue weighted by molar-refractivity contribution is 0.146. The molecule has 0 atom stereocenters. The van der Waals surface area contributed by atoms with Gasteiger partial charge in [0.1, 0.15) is 0 Å². The summed E-state index contributed by atoms with van der Waals surface area (Å²) in [5, 5.41) is 2.47. The first-order valence-corrected chi connectivity index (χ1v) is 3.53. The number of alkyl carbamates (subject to hydrolysis) is 1. The first kappa shape index (κ1) is 9.97. The highest BCUT2D eigenvalue weighted by atomic mass is 16.5. The third-order valence-electron chi connectivity index (χ3n) is 0.972. The number of rotatable bonds is 5. The second-order valence-electron chi connectivity index (χ2n) is 1.95. The van der Waals surface area contributed by atoms with Gasteiger partial charge >= 0.3 is 6.09 Å². The molecule has 0 heterocycles. The van der Waals surface area contributed by atoms with Crippen LogP contribution in [0, 0.1) is 0 Å². The quantitative estimate of drug-likeness (QED) is 0.445. The van der Waals surface area contributed by atoms with Crippen molar-refractivity contribution < 1.29 is 9.53 Å². The Balaban J connectivity index is 3.15. The third-order valence-corrected chi connectivity index (χ3v) is 0.972. The van der Waals surface area contributed by atoms with Crippen LogP contribution in [0.5, 0.6) is 0 Å². The molecule has 11 heavy (non-hydrogen) atoms. The highest BCUT2D eigenvalue weighted by Crippen LogP contribution is 1.80. The van der Waals surface area contributed by atoms with Gasteiger partial charge in [0.15, 0.2) is 0 Å². The summed E-state index contributed by atoms with van der Waals surface area (Å²) in [7, 11) is 0. The molecule has 0 saturated carbocycles. The summed E-state index contributed by atoms with van der Waals surface area (Å²) < 4.78 is 4.71. The smallest absolute Gasteiger partial charge is 0.407 e. The summed E-state index contributed by atoms with van der Waals surface area (Å²) in [5.41, 5.74) is 5.19. The van der Waals surface area contributed by atoms with Crippen molar-refractivity contribution in [2.75, 3.05) is 19.7 Å². The maximum absolute atomic E-state index is 10.7. The van der Waals surface area contributed by atoms with Crippen LogP contribution in [0.4, 0.5) is 4.79 Å². The zero-order valence-electron chi connectivity index (χ0n) is 6.51. The predicted molar refractivity (Wildman–Crippen MR) is 43.2 cm³/mol. The van der Waals surface area contributed by atoms with E-state index < -0.39 is 6.09 Å². The van der Waals surface area contributed by atoms with Crippen molar-refractivity contribution in [1.29, 1.82) is 0 Å². The van der Waals surface area contributed by atoms with Crippen LogP contribution in [-0.4, -0.2) is 25.8 Å². The molecular formula is C7H14N2O2. The van der Waals surface area contributed by atoms with Crippen molar-refractivity contribution >= 4 is 6.09 Å². The Kier molecular flexibility index (Phi) is 6.42. The van der Waals surface area contributed by atoms with Crippen LogP contribution in [0.25, 0.3) is 0 Å². The second kappa shape index (κ2) is 7.08. The second-order valence-corrected chi connectivity index (χ2v) is 1.95. The number of amides is 1. The number of nitrogens with one attached hydrogen (secondary N) is 1. The Morgan fingerprint density at radius 1 is 1.73 bits per heavy atom. The zero-order chi connectivity index (χ0) is 8.53. The maximum atomic E-state index is 10.7. The third kappa shape index (κ3) is 6.86. The molecule has 0 fully saturated rings. The van der Waals surface area contributed by atoms with Crippen LogP contribution >= 0.6 is 0 Å². The molecule has 0 saturated heterocycles. The van der Waals surface area contributed by atoms with E-state index in [0.29, 0.717) is 26.1 Å². The Bertz CT molecular complexity index is 126. The van der Waals surface area contributed by atoms with Crippen LogP contribution in [0.3, 0.4) is 0 Å². The Morgan fingerprint density at radius 3 is 3.00 bits per heavy atom. The summed E-state index contributed by atoms with van der Waals surface area (Å²) in [5.74, 6) is 0. The Labute approximate surface area is 66.4 Å². The zero-order valence-corrected chi connectivity index (χ0v) is 6.51. The average Bonchev–Trinajstić information content (AvgIpc) is 2.01. The molecule has 0 unspecified atom stereocenters. The monoisotopic (exact) mass is 158 g/mol. The van der Waals surface area contributed by atoms with E-state index >= 15 is 0 Å². The molecule has 0 aliphatic heterocycles. The van der Waals surface area contributed by atoms with E-state index in [1.165, 1.54) is 0 Å². The standard InChI is InChI=1S/C7H14N2O2/c1-2-5-9-7(10)11-6-3-4-8/h2H,1,3-6,8H2,(H,9,10). The molecule has 3 N–H and O–H groups in total. The summed E-state index contributed by atoms with van der Waals surface area (Å²) in [6.07, 6.45) is 1.87. The largest absolute Gasteiger partial charge is 0.450 e. The van der Waals surface area contributed by atoms with E-state index in [9.17, 15) is 4.79 Å². The minimum absolute atomic E-state index is 0.374. The Morgan fingerprint density at radius 2 is 2.45 bits per heavy atom. The highest BCUT2D eigenvalue weighted by molar-refractivity contribution is 5.67. The van der Waals surface area contributed by atoms with Crippen molar-refractivity contribution in [3.05, 3.63) is 12.7 Å². The minimum Gasteiger partial charge on any atom is -0.450 e. The molecule has 0 aliphatic rings. The fraction of sp³-hybridized carbons (Fsp3) is 0.571. The van der Waals surface area contributed by atoms with Crippen molar-refractivity contribution in [3.8, 4) is 0 Å². The predicted octanol–water partition coefficient (Wildman–Crippen LogP) is 0.247. The SMILES string of the molecule is C=CCNC(=O)OCCCN. The van der Waals surface area contributed by atoms with E-state index in [1.807, 2.05) is 0 Å². The van der Waals surface area contributed by atoms with E-state index in [4.69, 9.17) is 10.5 Å². The summed E-state index contributed by atoms with van der Waals surface area (Å²) in [6, 6.07) is 0. The molecule has 4 nitrogen and oxygen atoms in total. The van der Waals surface area contributed by atoms with Crippen LogP contribution in [0.1, 0.15) is 6.42 Å². The van der Waals surface area contributed by atoms with Crippen molar-refractivity contribution in [2.45, 2.75) is 6.42 Å². The lowest BCUT2D eigenvalue weighted by Gasteiger charge is -2.03. The topological polar surface area (TPSA) is 64.3 Å². The molecule has 0 aliphatic carbocycles. The number of nitrogens with two attached hydrogens (primary N) is 1. The molecule has 0 rings (SSSR count). The van der Waals surface area contributed by atoms with E-state index in [0.717, 1.165) is 0 Å². The van der Waals surface area contributed by atoms with Crippen LogP contribution in [0.15, 0.2) is 12.7 Å². The fourth-order valence-corrected chi connectivity index (χ4v) is 0.455. The van der Waals surface area contributed by atoms with Crippen molar-refractivity contribution in [3.63, 3.8) is 0 Å². The van der Waals surface area contributed by atoms with E-state index in [1.54, 1.807) is 6.08 Å². The van der Waals surface area contributed by atoms with Gasteiger partial charge in [0.05, 0.1) is 6.61 Å². The minimum atomic E-state index is -0.418. The molecule has 0 aromatic heterocycles. The summed E-state index contributed by atoms with van der Waals surface area (Å²) in [4.78, 5) is 10.7. The van der Waals surface area contributed by atoms with Gasteiger partial charge in [-0.05, 0) is 13.0 Å². The molecule has 0 aromatic rings. The summed E-state index contributed by atoms with van der Waals surface area (Å²) in [6.45, 7) is 4.78. The van der Waals surface area contributed by atoms with Gasteiger partial charge in [-0.15, -0.1) is 6.58 Å².